The van der Waals surface area contributed by atoms with Gasteiger partial charge in [-0.05, 0) is 66.6 Å². The summed E-state index contributed by atoms with van der Waals surface area (Å²) in [5, 5.41) is 17.7. The minimum absolute atomic E-state index is 0.121. The topological polar surface area (TPSA) is 81.2 Å². The maximum Gasteiger partial charge on any atom is 0.342 e. The smallest absolute Gasteiger partial charge is 0.342 e. The first-order chi connectivity index (χ1) is 15.5. The summed E-state index contributed by atoms with van der Waals surface area (Å²) >= 11 is 0.959. The van der Waals surface area contributed by atoms with Gasteiger partial charge in [-0.25, -0.2) is 4.79 Å². The number of aromatic nitrogens is 3. The third-order valence-corrected chi connectivity index (χ3v) is 6.00. The molecule has 0 aliphatic carbocycles. The Labute approximate surface area is 190 Å². The van der Waals surface area contributed by atoms with Crippen LogP contribution >= 0.6 is 11.8 Å². The van der Waals surface area contributed by atoms with Crippen LogP contribution in [0, 0.1) is 13.8 Å². The van der Waals surface area contributed by atoms with Crippen LogP contribution in [0.4, 0.5) is 0 Å². The summed E-state index contributed by atoms with van der Waals surface area (Å²) in [6, 6.07) is 20.6. The van der Waals surface area contributed by atoms with Crippen molar-refractivity contribution in [3.8, 4) is 16.8 Å². The fourth-order valence-corrected chi connectivity index (χ4v) is 4.24. The van der Waals surface area contributed by atoms with E-state index in [0.717, 1.165) is 40.0 Å². The van der Waals surface area contributed by atoms with Gasteiger partial charge in [-0.15, -0.1) is 10.2 Å². The Morgan fingerprint density at radius 1 is 1.06 bits per heavy atom. The summed E-state index contributed by atoms with van der Waals surface area (Å²) in [4.78, 5) is 12.0. The number of thioether (sulfide) groups is 1. The molecule has 2 heterocycles. The zero-order valence-corrected chi connectivity index (χ0v) is 18.9. The van der Waals surface area contributed by atoms with Crippen LogP contribution < -0.4 is 0 Å². The lowest BCUT2D eigenvalue weighted by molar-refractivity contribution is -0.131. The molecule has 32 heavy (non-hydrogen) atoms. The van der Waals surface area contributed by atoms with E-state index in [1.54, 1.807) is 6.08 Å². The van der Waals surface area contributed by atoms with Crippen molar-refractivity contribution in [2.45, 2.75) is 32.4 Å². The highest BCUT2D eigenvalue weighted by Gasteiger charge is 2.17. The molecule has 0 saturated heterocycles. The van der Waals surface area contributed by atoms with Gasteiger partial charge in [-0.2, -0.15) is 0 Å². The zero-order valence-electron chi connectivity index (χ0n) is 18.1. The van der Waals surface area contributed by atoms with Crippen molar-refractivity contribution >= 4 is 23.8 Å². The highest BCUT2D eigenvalue weighted by Crippen LogP contribution is 2.30. The molecule has 0 aliphatic rings. The van der Waals surface area contributed by atoms with Gasteiger partial charge >= 0.3 is 5.97 Å². The lowest BCUT2D eigenvalue weighted by Crippen LogP contribution is -2.00. The van der Waals surface area contributed by atoms with Crippen molar-refractivity contribution < 1.29 is 14.3 Å². The summed E-state index contributed by atoms with van der Waals surface area (Å²) in [6.45, 7) is 5.89. The van der Waals surface area contributed by atoms with E-state index in [2.05, 4.69) is 51.2 Å². The highest BCUT2D eigenvalue weighted by molar-refractivity contribution is 8.03. The molecule has 7 heteroatoms. The molecular formula is C25H23N3O3S. The third kappa shape index (κ3) is 4.53. The lowest BCUT2D eigenvalue weighted by atomic mass is 10.1. The number of carboxylic acids is 1. The minimum Gasteiger partial charge on any atom is -0.477 e. The Morgan fingerprint density at radius 2 is 1.75 bits per heavy atom. The van der Waals surface area contributed by atoms with Crippen LogP contribution in [0.5, 0.6) is 0 Å². The van der Waals surface area contributed by atoms with Gasteiger partial charge in [0, 0.05) is 23.5 Å². The summed E-state index contributed by atoms with van der Waals surface area (Å²) in [7, 11) is 0. The van der Waals surface area contributed by atoms with E-state index in [9.17, 15) is 9.90 Å². The van der Waals surface area contributed by atoms with Crippen LogP contribution in [-0.4, -0.2) is 25.8 Å². The van der Waals surface area contributed by atoms with Gasteiger partial charge in [0.25, 0.3) is 5.22 Å². The summed E-state index contributed by atoms with van der Waals surface area (Å²) in [6.07, 6.45) is 2.25. The van der Waals surface area contributed by atoms with Gasteiger partial charge in [-0.3, -0.25) is 0 Å². The number of aliphatic carboxylic acids is 1. The molecule has 4 aromatic rings. The molecule has 0 atom stereocenters. The molecule has 0 saturated carbocycles. The number of nitrogens with zero attached hydrogens (tertiary/aromatic N) is 3. The quantitative estimate of drug-likeness (QED) is 0.281. The Hall–Kier alpha value is -3.58. The molecule has 1 N–H and O–H groups in total. The van der Waals surface area contributed by atoms with Crippen molar-refractivity contribution in [2.24, 2.45) is 0 Å². The van der Waals surface area contributed by atoms with Crippen molar-refractivity contribution in [3.05, 3.63) is 88.4 Å². The molecule has 4 rings (SSSR count). The van der Waals surface area contributed by atoms with Crippen LogP contribution in [0.1, 0.15) is 29.8 Å². The monoisotopic (exact) mass is 445 g/mol. The van der Waals surface area contributed by atoms with Crippen molar-refractivity contribution in [3.63, 3.8) is 0 Å². The normalized spacial score (nSPS) is 11.7. The first-order valence-electron chi connectivity index (χ1n) is 10.3. The second-order valence-corrected chi connectivity index (χ2v) is 8.30. The van der Waals surface area contributed by atoms with E-state index in [0.29, 0.717) is 12.3 Å². The highest BCUT2D eigenvalue weighted by atomic mass is 32.2. The number of carbonyl (C=O) groups is 1. The second-order valence-electron chi connectivity index (χ2n) is 7.31. The van der Waals surface area contributed by atoms with E-state index in [1.165, 1.54) is 5.56 Å². The fraction of sp³-hybridized carbons (Fsp3) is 0.160. The minimum atomic E-state index is -1.04. The van der Waals surface area contributed by atoms with Crippen molar-refractivity contribution in [1.29, 1.82) is 0 Å². The molecule has 0 radical (unpaired) electrons. The molecule has 6 nitrogen and oxygen atoms in total. The van der Waals surface area contributed by atoms with Crippen LogP contribution in [0.2, 0.25) is 0 Å². The molecule has 0 bridgehead atoms. The van der Waals surface area contributed by atoms with Crippen LogP contribution in [-0.2, 0) is 11.2 Å². The Kier molecular flexibility index (Phi) is 6.28. The van der Waals surface area contributed by atoms with E-state index >= 15 is 0 Å². The first kappa shape index (κ1) is 21.6. The number of hydrogen-bond donors (Lipinski definition) is 1. The average molecular weight is 446 g/mol. The van der Waals surface area contributed by atoms with Gasteiger partial charge in [0.2, 0.25) is 5.89 Å². The number of hydrogen-bond acceptors (Lipinski definition) is 5. The van der Waals surface area contributed by atoms with Gasteiger partial charge in [0.15, 0.2) is 0 Å². The SMILES string of the molecule is CCc1nnc(S/C(=C\c2cc(C)n(-c3ccc(-c4ccccc4)cc3)c2C)C(=O)O)o1. The number of benzene rings is 2. The molecule has 0 amide bonds. The van der Waals surface area contributed by atoms with Crippen molar-refractivity contribution in [1.82, 2.24) is 14.8 Å². The molecule has 2 aromatic carbocycles. The van der Waals surface area contributed by atoms with Gasteiger partial charge < -0.3 is 14.1 Å². The van der Waals surface area contributed by atoms with E-state index in [1.807, 2.05) is 45.0 Å². The predicted molar refractivity (Wildman–Crippen MR) is 126 cm³/mol. The third-order valence-electron chi connectivity index (χ3n) is 5.15. The molecule has 162 valence electrons. The fourth-order valence-electron chi connectivity index (χ4n) is 3.56. The largest absolute Gasteiger partial charge is 0.477 e. The van der Waals surface area contributed by atoms with Gasteiger partial charge in [-0.1, -0.05) is 49.4 Å². The first-order valence-corrected chi connectivity index (χ1v) is 11.1. The summed E-state index contributed by atoms with van der Waals surface area (Å²) in [5.41, 5.74) is 6.13. The number of carboxylic acid groups (broad SMARTS) is 1. The van der Waals surface area contributed by atoms with Crippen LogP contribution in [0.25, 0.3) is 22.9 Å². The van der Waals surface area contributed by atoms with E-state index in [-0.39, 0.29) is 10.1 Å². The number of rotatable bonds is 7. The second kappa shape index (κ2) is 9.28. The Balaban J connectivity index is 1.65. The van der Waals surface area contributed by atoms with Crippen LogP contribution in [0.15, 0.2) is 75.2 Å². The molecule has 0 spiro atoms. The lowest BCUT2D eigenvalue weighted by Gasteiger charge is -2.11. The molecule has 2 aromatic heterocycles. The molecule has 0 fully saturated rings. The van der Waals surface area contributed by atoms with Crippen molar-refractivity contribution in [2.75, 3.05) is 0 Å². The predicted octanol–water partition coefficient (Wildman–Crippen LogP) is 5.92. The van der Waals surface area contributed by atoms with E-state index < -0.39 is 5.97 Å². The van der Waals surface area contributed by atoms with Gasteiger partial charge in [0.1, 0.15) is 4.91 Å². The van der Waals surface area contributed by atoms with E-state index in [4.69, 9.17) is 4.42 Å². The molecular weight excluding hydrogens is 422 g/mol. The molecule has 0 unspecified atom stereocenters. The maximum atomic E-state index is 11.8. The van der Waals surface area contributed by atoms with Gasteiger partial charge in [0.05, 0.1) is 0 Å². The standard InChI is InChI=1S/C25H23N3O3S/c1-4-23-26-27-25(31-23)32-22(24(29)30)15-20-14-16(2)28(17(20)3)21-12-10-19(11-13-21)18-8-6-5-7-9-18/h5-15H,4H2,1-3H3,(H,29,30)/b22-15-. The zero-order chi connectivity index (χ0) is 22.7. The maximum absolute atomic E-state index is 11.8. The molecule has 0 aliphatic heterocycles. The average Bonchev–Trinajstić information content (AvgIpc) is 3.37. The Morgan fingerprint density at radius 3 is 2.38 bits per heavy atom. The summed E-state index contributed by atoms with van der Waals surface area (Å²) in [5.74, 6) is -0.558. The Bertz CT molecular complexity index is 1270. The summed E-state index contributed by atoms with van der Waals surface area (Å²) < 4.78 is 7.58. The number of aryl methyl sites for hydroxylation is 2. The van der Waals surface area contributed by atoms with Crippen LogP contribution in [0.3, 0.4) is 0 Å².